The molecule has 64 valence electrons. The summed E-state index contributed by atoms with van der Waals surface area (Å²) in [5, 5.41) is 6.34. The number of carbonyl (C=O) groups excluding carboxylic acids is 1. The van der Waals surface area contributed by atoms with Crippen molar-refractivity contribution in [2.24, 2.45) is 0 Å². The fraction of sp³-hybridized carbons (Fsp3) is 0.167. The summed E-state index contributed by atoms with van der Waals surface area (Å²) in [6, 6.07) is 0. The molecule has 1 rings (SSSR count). The van der Waals surface area contributed by atoms with E-state index in [4.69, 9.17) is 34.8 Å². The third-order valence-corrected chi connectivity index (χ3v) is 2.13. The van der Waals surface area contributed by atoms with E-state index in [1.54, 1.807) is 6.92 Å². The molecular formula is C6H3Cl3N2O. The van der Waals surface area contributed by atoms with Gasteiger partial charge in [0.15, 0.2) is 10.3 Å². The molecule has 12 heavy (non-hydrogen) atoms. The molecule has 0 bridgehead atoms. The minimum absolute atomic E-state index is 0.0306. The zero-order chi connectivity index (χ0) is 9.30. The molecule has 0 aliphatic heterocycles. The summed E-state index contributed by atoms with van der Waals surface area (Å²) in [5.41, 5.74) is 0.551. The van der Waals surface area contributed by atoms with Crippen LogP contribution >= 0.6 is 34.8 Å². The van der Waals surface area contributed by atoms with E-state index in [1.807, 2.05) is 0 Å². The van der Waals surface area contributed by atoms with Crippen LogP contribution in [0.15, 0.2) is 0 Å². The third kappa shape index (κ3) is 1.68. The SMILES string of the molecule is Cc1c(Cl)nnc(Cl)c1C(=O)Cl. The van der Waals surface area contributed by atoms with Crippen molar-refractivity contribution in [1.82, 2.24) is 10.2 Å². The molecule has 0 saturated carbocycles. The largest absolute Gasteiger partial charge is 0.275 e. The monoisotopic (exact) mass is 224 g/mol. The second kappa shape index (κ2) is 3.56. The molecule has 3 nitrogen and oxygen atoms in total. The third-order valence-electron chi connectivity index (χ3n) is 1.31. The van der Waals surface area contributed by atoms with Crippen molar-refractivity contribution in [3.8, 4) is 0 Å². The molecule has 0 aromatic carbocycles. The highest BCUT2D eigenvalue weighted by Gasteiger charge is 2.15. The fourth-order valence-corrected chi connectivity index (χ4v) is 1.38. The molecule has 0 amide bonds. The molecule has 0 N–H and O–H groups in total. The summed E-state index contributed by atoms with van der Waals surface area (Å²) < 4.78 is 0. The maximum Gasteiger partial charge on any atom is 0.255 e. The van der Waals surface area contributed by atoms with Crippen molar-refractivity contribution in [2.45, 2.75) is 6.92 Å². The predicted molar refractivity (Wildman–Crippen MR) is 47.0 cm³/mol. The van der Waals surface area contributed by atoms with Gasteiger partial charge in [0.2, 0.25) is 0 Å². The summed E-state index contributed by atoms with van der Waals surface area (Å²) >= 11 is 16.4. The van der Waals surface area contributed by atoms with Crippen LogP contribution in [-0.4, -0.2) is 15.4 Å². The quantitative estimate of drug-likeness (QED) is 0.690. The van der Waals surface area contributed by atoms with Gasteiger partial charge in [0.25, 0.3) is 5.24 Å². The predicted octanol–water partition coefficient (Wildman–Crippen LogP) is 2.47. The number of aromatic nitrogens is 2. The van der Waals surface area contributed by atoms with Gasteiger partial charge in [-0.05, 0) is 18.5 Å². The second-order valence-electron chi connectivity index (χ2n) is 2.06. The van der Waals surface area contributed by atoms with Crippen LogP contribution in [-0.2, 0) is 0 Å². The fourth-order valence-electron chi connectivity index (χ4n) is 0.699. The lowest BCUT2D eigenvalue weighted by Gasteiger charge is -2.01. The minimum Gasteiger partial charge on any atom is -0.275 e. The Balaban J connectivity index is 3.43. The first-order chi connectivity index (χ1) is 5.54. The maximum atomic E-state index is 10.8. The molecule has 0 radical (unpaired) electrons. The lowest BCUT2D eigenvalue weighted by Crippen LogP contribution is -2.00. The number of halogens is 3. The maximum absolute atomic E-state index is 10.8. The van der Waals surface area contributed by atoms with Crippen molar-refractivity contribution < 1.29 is 4.79 Å². The summed E-state index contributed by atoms with van der Waals surface area (Å²) in [5.74, 6) is 0. The molecule has 0 fully saturated rings. The van der Waals surface area contributed by atoms with Gasteiger partial charge >= 0.3 is 0 Å². The molecule has 0 spiro atoms. The van der Waals surface area contributed by atoms with Crippen LogP contribution in [0.3, 0.4) is 0 Å². The molecule has 0 unspecified atom stereocenters. The van der Waals surface area contributed by atoms with Crippen molar-refractivity contribution in [3.05, 3.63) is 21.4 Å². The van der Waals surface area contributed by atoms with Crippen molar-refractivity contribution in [2.75, 3.05) is 0 Å². The van der Waals surface area contributed by atoms with Gasteiger partial charge in [-0.3, -0.25) is 4.79 Å². The topological polar surface area (TPSA) is 42.9 Å². The molecule has 1 aromatic rings. The van der Waals surface area contributed by atoms with Crippen LogP contribution in [0.1, 0.15) is 15.9 Å². The van der Waals surface area contributed by atoms with E-state index in [2.05, 4.69) is 10.2 Å². The summed E-state index contributed by atoms with van der Waals surface area (Å²) in [7, 11) is 0. The van der Waals surface area contributed by atoms with Gasteiger partial charge in [-0.25, -0.2) is 0 Å². The average Bonchev–Trinajstić information content (AvgIpc) is 1.97. The lowest BCUT2D eigenvalue weighted by atomic mass is 10.2. The van der Waals surface area contributed by atoms with E-state index in [0.29, 0.717) is 5.56 Å². The van der Waals surface area contributed by atoms with Gasteiger partial charge in [-0.1, -0.05) is 23.2 Å². The number of nitrogens with zero attached hydrogens (tertiary/aromatic N) is 2. The standard InChI is InChI=1S/C6H3Cl3N2O/c1-2-3(6(9)12)5(8)11-10-4(2)7/h1H3. The zero-order valence-corrected chi connectivity index (χ0v) is 8.20. The normalized spacial score (nSPS) is 10.0. The van der Waals surface area contributed by atoms with E-state index < -0.39 is 5.24 Å². The number of carbonyl (C=O) groups is 1. The van der Waals surface area contributed by atoms with Gasteiger partial charge < -0.3 is 0 Å². The Morgan fingerprint density at radius 3 is 2.17 bits per heavy atom. The van der Waals surface area contributed by atoms with E-state index in [1.165, 1.54) is 0 Å². The van der Waals surface area contributed by atoms with E-state index >= 15 is 0 Å². The number of hydrogen-bond acceptors (Lipinski definition) is 3. The van der Waals surface area contributed by atoms with Gasteiger partial charge in [-0.15, -0.1) is 10.2 Å². The molecule has 6 heteroatoms. The molecule has 0 aliphatic carbocycles. The van der Waals surface area contributed by atoms with Crippen LogP contribution in [0.4, 0.5) is 0 Å². The van der Waals surface area contributed by atoms with E-state index in [-0.39, 0.29) is 15.9 Å². The second-order valence-corrected chi connectivity index (χ2v) is 3.11. The summed E-state index contributed by atoms with van der Waals surface area (Å²) in [6.45, 7) is 1.60. The smallest absolute Gasteiger partial charge is 0.255 e. The molecule has 0 atom stereocenters. The minimum atomic E-state index is -0.686. The highest BCUT2D eigenvalue weighted by atomic mass is 35.5. The first kappa shape index (κ1) is 9.71. The van der Waals surface area contributed by atoms with Gasteiger partial charge in [0.1, 0.15) is 0 Å². The Labute approximate surface area is 83.6 Å². The average molecular weight is 225 g/mol. The first-order valence-corrected chi connectivity index (χ1v) is 4.05. The molecule has 0 aliphatic rings. The van der Waals surface area contributed by atoms with E-state index in [9.17, 15) is 4.79 Å². The lowest BCUT2D eigenvalue weighted by molar-refractivity contribution is 0.108. The van der Waals surface area contributed by atoms with E-state index in [0.717, 1.165) is 0 Å². The van der Waals surface area contributed by atoms with Crippen LogP contribution < -0.4 is 0 Å². The van der Waals surface area contributed by atoms with Crippen LogP contribution in [0.5, 0.6) is 0 Å². The molecular weight excluding hydrogens is 222 g/mol. The first-order valence-electron chi connectivity index (χ1n) is 2.92. The Kier molecular flexibility index (Phi) is 2.88. The zero-order valence-electron chi connectivity index (χ0n) is 5.94. The van der Waals surface area contributed by atoms with Gasteiger partial charge in [0.05, 0.1) is 5.56 Å². The Hall–Kier alpha value is -0.380. The van der Waals surface area contributed by atoms with Crippen molar-refractivity contribution in [3.63, 3.8) is 0 Å². The van der Waals surface area contributed by atoms with Crippen LogP contribution in [0.2, 0.25) is 10.3 Å². The van der Waals surface area contributed by atoms with Crippen LogP contribution in [0.25, 0.3) is 0 Å². The highest BCUT2D eigenvalue weighted by molar-refractivity contribution is 6.69. The Bertz CT molecular complexity index is 340. The summed E-state index contributed by atoms with van der Waals surface area (Å²) in [4.78, 5) is 10.8. The van der Waals surface area contributed by atoms with Gasteiger partial charge in [-0.2, -0.15) is 0 Å². The highest BCUT2D eigenvalue weighted by Crippen LogP contribution is 2.22. The van der Waals surface area contributed by atoms with Crippen molar-refractivity contribution >= 4 is 40.0 Å². The molecule has 1 aromatic heterocycles. The Morgan fingerprint density at radius 2 is 1.75 bits per heavy atom. The summed E-state index contributed by atoms with van der Waals surface area (Å²) in [6.07, 6.45) is 0. The molecule has 1 heterocycles. The van der Waals surface area contributed by atoms with Crippen LogP contribution in [0, 0.1) is 6.92 Å². The van der Waals surface area contributed by atoms with Crippen molar-refractivity contribution in [1.29, 1.82) is 0 Å². The molecule has 0 saturated heterocycles. The number of hydrogen-bond donors (Lipinski definition) is 0. The number of rotatable bonds is 1. The van der Waals surface area contributed by atoms with Gasteiger partial charge in [0, 0.05) is 5.56 Å². The Morgan fingerprint density at radius 1 is 1.25 bits per heavy atom.